The molecule has 1 aromatic carbocycles. The zero-order valence-electron chi connectivity index (χ0n) is 14.1. The van der Waals surface area contributed by atoms with E-state index >= 15 is 0 Å². The van der Waals surface area contributed by atoms with E-state index in [4.69, 9.17) is 9.47 Å². The van der Waals surface area contributed by atoms with Crippen molar-refractivity contribution in [1.29, 1.82) is 0 Å². The van der Waals surface area contributed by atoms with Gasteiger partial charge in [-0.3, -0.25) is 9.59 Å². The summed E-state index contributed by atoms with van der Waals surface area (Å²) in [5.74, 6) is 0.204. The minimum Gasteiger partial charge on any atom is -0.491 e. The van der Waals surface area contributed by atoms with Crippen LogP contribution in [0.15, 0.2) is 36.7 Å². The van der Waals surface area contributed by atoms with E-state index in [9.17, 15) is 14.0 Å². The predicted octanol–water partition coefficient (Wildman–Crippen LogP) is 4.14. The number of aldehydes is 1. The Labute approximate surface area is 142 Å². The zero-order chi connectivity index (χ0) is 17.8. The van der Waals surface area contributed by atoms with Gasteiger partial charge in [0.1, 0.15) is 18.6 Å². The molecule has 1 aliphatic carbocycles. The second kappa shape index (κ2) is 11.5. The molecule has 5 heteroatoms. The van der Waals surface area contributed by atoms with Crippen LogP contribution >= 0.6 is 0 Å². The molecule has 1 saturated carbocycles. The first-order valence-corrected chi connectivity index (χ1v) is 8.14. The summed E-state index contributed by atoms with van der Waals surface area (Å²) in [6.07, 6.45) is 6.16. The smallest absolute Gasteiger partial charge is 0.187 e. The van der Waals surface area contributed by atoms with E-state index in [-0.39, 0.29) is 0 Å². The summed E-state index contributed by atoms with van der Waals surface area (Å²) in [6, 6.07) is 7.11. The second-order valence-electron chi connectivity index (χ2n) is 5.69. The number of allylic oxidation sites excluding steroid dienone is 1. The van der Waals surface area contributed by atoms with E-state index in [0.717, 1.165) is 31.5 Å². The van der Waals surface area contributed by atoms with Crippen LogP contribution in [0.25, 0.3) is 0 Å². The number of benzene rings is 1. The Morgan fingerprint density at radius 1 is 1.25 bits per heavy atom. The quantitative estimate of drug-likeness (QED) is 0.386. The van der Waals surface area contributed by atoms with Gasteiger partial charge in [-0.05, 0) is 36.6 Å². The van der Waals surface area contributed by atoms with Crippen LogP contribution in [0.2, 0.25) is 0 Å². The molecule has 0 aromatic heterocycles. The van der Waals surface area contributed by atoms with E-state index in [1.165, 1.54) is 25.7 Å². The van der Waals surface area contributed by atoms with Gasteiger partial charge in [-0.2, -0.15) is 0 Å². The van der Waals surface area contributed by atoms with Gasteiger partial charge < -0.3 is 9.47 Å². The summed E-state index contributed by atoms with van der Waals surface area (Å²) >= 11 is 0. The molecule has 0 heterocycles. The highest BCUT2D eigenvalue weighted by molar-refractivity contribution is 5.90. The topological polar surface area (TPSA) is 52.6 Å². The third kappa shape index (κ3) is 8.58. The summed E-state index contributed by atoms with van der Waals surface area (Å²) in [5.41, 5.74) is 0.666. The van der Waals surface area contributed by atoms with Gasteiger partial charge in [0.05, 0.1) is 6.61 Å². The number of hydrogen-bond donors (Lipinski definition) is 0. The van der Waals surface area contributed by atoms with Crippen LogP contribution < -0.4 is 4.74 Å². The minimum absolute atomic E-state index is 0.561. The molecule has 1 aromatic rings. The summed E-state index contributed by atoms with van der Waals surface area (Å²) in [7, 11) is 0. The summed E-state index contributed by atoms with van der Waals surface area (Å²) in [5, 5.41) is 0. The molecular weight excluding hydrogens is 311 g/mol. The van der Waals surface area contributed by atoms with Crippen LogP contribution in [0.4, 0.5) is 4.39 Å². The van der Waals surface area contributed by atoms with Crippen LogP contribution in [-0.4, -0.2) is 31.9 Å². The number of carbonyl (C=O) groups excluding carboxylic acids is 2. The van der Waals surface area contributed by atoms with Crippen LogP contribution in [0, 0.1) is 5.92 Å². The Balaban J connectivity index is 0.000000413. The van der Waals surface area contributed by atoms with Crippen molar-refractivity contribution in [3.05, 3.63) is 42.2 Å². The second-order valence-corrected chi connectivity index (χ2v) is 5.69. The molecule has 0 saturated heterocycles. The van der Waals surface area contributed by atoms with Crippen LogP contribution in [0.3, 0.4) is 0 Å². The maximum absolute atomic E-state index is 11.3. The average molecular weight is 336 g/mol. The fraction of sp³-hybridized carbons (Fsp3) is 0.474. The molecule has 2 rings (SSSR count). The Morgan fingerprint density at radius 3 is 2.33 bits per heavy atom. The van der Waals surface area contributed by atoms with Crippen molar-refractivity contribution < 1.29 is 23.5 Å². The maximum atomic E-state index is 11.3. The molecule has 0 unspecified atom stereocenters. The largest absolute Gasteiger partial charge is 0.491 e. The first kappa shape index (κ1) is 20.0. The van der Waals surface area contributed by atoms with Crippen molar-refractivity contribution in [3.8, 4) is 5.75 Å². The van der Waals surface area contributed by atoms with Gasteiger partial charge in [0.2, 0.25) is 0 Å². The van der Waals surface area contributed by atoms with Crippen LogP contribution in [-0.2, 0) is 9.53 Å². The molecule has 0 aliphatic heterocycles. The minimum atomic E-state index is -0.880. The highest BCUT2D eigenvalue weighted by Gasteiger charge is 2.16. The van der Waals surface area contributed by atoms with Crippen molar-refractivity contribution in [1.82, 2.24) is 0 Å². The first-order valence-electron chi connectivity index (χ1n) is 8.14. The predicted molar refractivity (Wildman–Crippen MR) is 91.0 cm³/mol. The van der Waals surface area contributed by atoms with Crippen LogP contribution in [0.1, 0.15) is 43.0 Å². The SMILES string of the molecule is C=C(F)C(C)=O.O=Cc1ccc(OCCOCCC2CCC2)cc1. The van der Waals surface area contributed by atoms with Gasteiger partial charge >= 0.3 is 0 Å². The first-order chi connectivity index (χ1) is 11.5. The molecule has 1 fully saturated rings. The molecule has 0 spiro atoms. The molecule has 0 atom stereocenters. The van der Waals surface area contributed by atoms with E-state index in [1.54, 1.807) is 24.3 Å². The Hall–Kier alpha value is -2.01. The number of Topliss-reactive ketones (excluding diaryl/α,β-unsaturated/α-hetero) is 1. The number of halogens is 1. The molecule has 24 heavy (non-hydrogen) atoms. The fourth-order valence-corrected chi connectivity index (χ4v) is 1.99. The Morgan fingerprint density at radius 2 is 1.88 bits per heavy atom. The standard InChI is InChI=1S/C15H20O3.C4H5FO/c16-12-14-4-6-15(7-5-14)18-11-10-17-9-8-13-2-1-3-13;1-3(5)4(2)6/h4-7,12-13H,1-3,8-11H2;1H2,2H3. The van der Waals surface area contributed by atoms with Crippen LogP contribution in [0.5, 0.6) is 5.75 Å². The van der Waals surface area contributed by atoms with Gasteiger partial charge in [-0.15, -0.1) is 0 Å². The highest BCUT2D eigenvalue weighted by Crippen LogP contribution is 2.29. The van der Waals surface area contributed by atoms with Crippen molar-refractivity contribution in [2.75, 3.05) is 19.8 Å². The number of ether oxygens (including phenoxy) is 2. The maximum Gasteiger partial charge on any atom is 0.187 e. The van der Waals surface area contributed by atoms with E-state index in [0.29, 0.717) is 18.8 Å². The average Bonchev–Trinajstić information content (AvgIpc) is 2.53. The van der Waals surface area contributed by atoms with E-state index in [1.807, 2.05) is 0 Å². The third-order valence-electron chi connectivity index (χ3n) is 3.79. The van der Waals surface area contributed by atoms with Gasteiger partial charge in [-0.1, -0.05) is 25.8 Å². The van der Waals surface area contributed by atoms with Crippen molar-refractivity contribution in [3.63, 3.8) is 0 Å². The van der Waals surface area contributed by atoms with Crippen molar-refractivity contribution in [2.45, 2.75) is 32.6 Å². The normalized spacial score (nSPS) is 13.2. The molecule has 0 bridgehead atoms. The summed E-state index contributed by atoms with van der Waals surface area (Å²) in [6.45, 7) is 5.90. The number of hydrogen-bond acceptors (Lipinski definition) is 4. The molecule has 132 valence electrons. The highest BCUT2D eigenvalue weighted by atomic mass is 19.1. The molecule has 0 amide bonds. The Kier molecular flexibility index (Phi) is 9.61. The van der Waals surface area contributed by atoms with E-state index in [2.05, 4.69) is 6.58 Å². The van der Waals surface area contributed by atoms with Gasteiger partial charge in [-0.25, -0.2) is 4.39 Å². The number of ketones is 1. The molecular formula is C19H25FO4. The summed E-state index contributed by atoms with van der Waals surface area (Å²) < 4.78 is 22.3. The lowest BCUT2D eigenvalue weighted by Gasteiger charge is -2.24. The molecule has 0 radical (unpaired) electrons. The third-order valence-corrected chi connectivity index (χ3v) is 3.79. The zero-order valence-corrected chi connectivity index (χ0v) is 14.1. The van der Waals surface area contributed by atoms with Gasteiger partial charge in [0.25, 0.3) is 0 Å². The van der Waals surface area contributed by atoms with Gasteiger partial charge in [0.15, 0.2) is 11.6 Å². The Bertz CT molecular complexity index is 509. The molecule has 0 N–H and O–H groups in total. The van der Waals surface area contributed by atoms with Crippen molar-refractivity contribution in [2.24, 2.45) is 5.92 Å². The number of carbonyl (C=O) groups is 2. The van der Waals surface area contributed by atoms with E-state index < -0.39 is 11.6 Å². The van der Waals surface area contributed by atoms with Crippen molar-refractivity contribution >= 4 is 12.1 Å². The molecule has 4 nitrogen and oxygen atoms in total. The number of rotatable bonds is 9. The lowest BCUT2D eigenvalue weighted by molar-refractivity contribution is -0.114. The fourth-order valence-electron chi connectivity index (χ4n) is 1.99. The lowest BCUT2D eigenvalue weighted by Crippen LogP contribution is -2.15. The lowest BCUT2D eigenvalue weighted by atomic mass is 9.83. The monoisotopic (exact) mass is 336 g/mol. The molecule has 1 aliphatic rings. The summed E-state index contributed by atoms with van der Waals surface area (Å²) in [4.78, 5) is 20.1. The van der Waals surface area contributed by atoms with Gasteiger partial charge in [0, 0.05) is 19.1 Å².